The summed E-state index contributed by atoms with van der Waals surface area (Å²) >= 11 is 0. The Hall–Kier alpha value is -2.21. The van der Waals surface area contributed by atoms with Gasteiger partial charge in [-0.15, -0.1) is 0 Å². The number of esters is 1. The molecule has 1 aromatic carbocycles. The summed E-state index contributed by atoms with van der Waals surface area (Å²) in [5, 5.41) is 3.52. The molecular formula is C13H14N2O4. The van der Waals surface area contributed by atoms with Gasteiger partial charge in [0.2, 0.25) is 0 Å². The standard InChI is InChI=1S/C13H14N2O4/c1-2-18-13(16)12-14-11(19-15-12)9-17-8-10-6-4-3-5-7-10/h3-7H,2,8-9H2,1H3. The van der Waals surface area contributed by atoms with E-state index in [4.69, 9.17) is 14.0 Å². The average molecular weight is 262 g/mol. The maximum atomic E-state index is 11.3. The van der Waals surface area contributed by atoms with E-state index in [1.165, 1.54) is 0 Å². The van der Waals surface area contributed by atoms with Gasteiger partial charge in [0.05, 0.1) is 13.2 Å². The number of nitrogens with zero attached hydrogens (tertiary/aromatic N) is 2. The van der Waals surface area contributed by atoms with Gasteiger partial charge in [0, 0.05) is 0 Å². The van der Waals surface area contributed by atoms with Crippen LogP contribution in [-0.4, -0.2) is 22.7 Å². The van der Waals surface area contributed by atoms with Crippen molar-refractivity contribution in [2.24, 2.45) is 0 Å². The Morgan fingerprint density at radius 3 is 2.79 bits per heavy atom. The average Bonchev–Trinajstić information content (AvgIpc) is 2.89. The summed E-state index contributed by atoms with van der Waals surface area (Å²) in [6.07, 6.45) is 0. The number of rotatable bonds is 6. The predicted molar refractivity (Wildman–Crippen MR) is 65.2 cm³/mol. The van der Waals surface area contributed by atoms with Crippen LogP contribution in [0.5, 0.6) is 0 Å². The van der Waals surface area contributed by atoms with E-state index in [2.05, 4.69) is 10.1 Å². The van der Waals surface area contributed by atoms with E-state index in [0.29, 0.717) is 6.61 Å². The van der Waals surface area contributed by atoms with E-state index in [9.17, 15) is 4.79 Å². The van der Waals surface area contributed by atoms with Crippen LogP contribution in [0, 0.1) is 0 Å². The second-order valence-electron chi connectivity index (χ2n) is 3.71. The second kappa shape index (κ2) is 6.65. The molecule has 0 radical (unpaired) electrons. The highest BCUT2D eigenvalue weighted by atomic mass is 16.5. The van der Waals surface area contributed by atoms with Crippen molar-refractivity contribution in [3.05, 3.63) is 47.6 Å². The van der Waals surface area contributed by atoms with Crippen molar-refractivity contribution in [3.8, 4) is 0 Å². The van der Waals surface area contributed by atoms with Gasteiger partial charge in [-0.1, -0.05) is 30.3 Å². The Bertz CT molecular complexity index is 524. The first-order chi connectivity index (χ1) is 9.29. The minimum Gasteiger partial charge on any atom is -0.460 e. The van der Waals surface area contributed by atoms with Crippen LogP contribution in [0.2, 0.25) is 0 Å². The largest absolute Gasteiger partial charge is 0.460 e. The maximum Gasteiger partial charge on any atom is 0.379 e. The number of carbonyl (C=O) groups excluding carboxylic acids is 1. The molecule has 1 aromatic heterocycles. The smallest absolute Gasteiger partial charge is 0.379 e. The highest BCUT2D eigenvalue weighted by molar-refractivity contribution is 5.84. The molecule has 0 saturated carbocycles. The SMILES string of the molecule is CCOC(=O)c1noc(COCc2ccccc2)n1. The first-order valence-corrected chi connectivity index (χ1v) is 5.91. The zero-order chi connectivity index (χ0) is 13.5. The molecule has 1 heterocycles. The van der Waals surface area contributed by atoms with E-state index in [1.54, 1.807) is 6.92 Å². The summed E-state index contributed by atoms with van der Waals surface area (Å²) in [7, 11) is 0. The molecule has 2 aromatic rings. The molecule has 0 aliphatic heterocycles. The van der Waals surface area contributed by atoms with Gasteiger partial charge >= 0.3 is 5.97 Å². The second-order valence-corrected chi connectivity index (χ2v) is 3.71. The number of ether oxygens (including phenoxy) is 2. The van der Waals surface area contributed by atoms with Crippen LogP contribution in [0.25, 0.3) is 0 Å². The van der Waals surface area contributed by atoms with Gasteiger partial charge < -0.3 is 14.0 Å². The summed E-state index contributed by atoms with van der Waals surface area (Å²) < 4.78 is 15.0. The van der Waals surface area contributed by atoms with Crippen LogP contribution in [0.3, 0.4) is 0 Å². The van der Waals surface area contributed by atoms with E-state index in [-0.39, 0.29) is 24.9 Å². The van der Waals surface area contributed by atoms with Crippen LogP contribution < -0.4 is 0 Å². The Balaban J connectivity index is 1.82. The molecule has 0 saturated heterocycles. The molecule has 2 rings (SSSR count). The molecule has 100 valence electrons. The van der Waals surface area contributed by atoms with Crippen LogP contribution in [-0.2, 0) is 22.7 Å². The Kier molecular flexibility index (Phi) is 4.63. The molecule has 0 N–H and O–H groups in total. The van der Waals surface area contributed by atoms with Crippen LogP contribution in [0.1, 0.15) is 29.0 Å². The molecular weight excluding hydrogens is 248 g/mol. The van der Waals surface area contributed by atoms with Gasteiger partial charge in [-0.3, -0.25) is 0 Å². The third kappa shape index (κ3) is 3.89. The zero-order valence-electron chi connectivity index (χ0n) is 10.5. The van der Waals surface area contributed by atoms with Crippen molar-refractivity contribution in [2.45, 2.75) is 20.1 Å². The highest BCUT2D eigenvalue weighted by Gasteiger charge is 2.15. The number of aromatic nitrogens is 2. The lowest BCUT2D eigenvalue weighted by molar-refractivity contribution is 0.0508. The first kappa shape index (κ1) is 13.2. The fourth-order valence-corrected chi connectivity index (χ4v) is 1.42. The molecule has 0 spiro atoms. The lowest BCUT2D eigenvalue weighted by atomic mass is 10.2. The molecule has 0 bridgehead atoms. The topological polar surface area (TPSA) is 74.5 Å². The van der Waals surface area contributed by atoms with E-state index in [0.717, 1.165) is 5.56 Å². The Morgan fingerprint density at radius 2 is 2.05 bits per heavy atom. The van der Waals surface area contributed by atoms with Gasteiger partial charge in [-0.05, 0) is 17.6 Å². The summed E-state index contributed by atoms with van der Waals surface area (Å²) in [4.78, 5) is 15.2. The molecule has 6 heteroatoms. The minimum absolute atomic E-state index is 0.0832. The van der Waals surface area contributed by atoms with Gasteiger partial charge in [0.15, 0.2) is 0 Å². The van der Waals surface area contributed by atoms with Crippen molar-refractivity contribution in [2.75, 3.05) is 6.61 Å². The van der Waals surface area contributed by atoms with Crippen molar-refractivity contribution in [3.63, 3.8) is 0 Å². The molecule has 0 unspecified atom stereocenters. The Labute approximate surface area is 110 Å². The molecule has 6 nitrogen and oxygen atoms in total. The highest BCUT2D eigenvalue weighted by Crippen LogP contribution is 2.05. The monoisotopic (exact) mass is 262 g/mol. The number of hydrogen-bond acceptors (Lipinski definition) is 6. The fraction of sp³-hybridized carbons (Fsp3) is 0.308. The summed E-state index contributed by atoms with van der Waals surface area (Å²) in [6, 6.07) is 9.72. The van der Waals surface area contributed by atoms with Crippen molar-refractivity contribution < 1.29 is 18.8 Å². The minimum atomic E-state index is -0.597. The molecule has 0 aliphatic carbocycles. The van der Waals surface area contributed by atoms with Gasteiger partial charge in [0.1, 0.15) is 6.61 Å². The lowest BCUT2D eigenvalue weighted by Crippen LogP contribution is -2.06. The quantitative estimate of drug-likeness (QED) is 0.741. The third-order valence-electron chi connectivity index (χ3n) is 2.26. The number of carbonyl (C=O) groups is 1. The first-order valence-electron chi connectivity index (χ1n) is 5.91. The van der Waals surface area contributed by atoms with Crippen molar-refractivity contribution in [1.29, 1.82) is 0 Å². The maximum absolute atomic E-state index is 11.3. The molecule has 0 amide bonds. The Morgan fingerprint density at radius 1 is 1.26 bits per heavy atom. The van der Waals surface area contributed by atoms with Gasteiger partial charge in [-0.25, -0.2) is 4.79 Å². The van der Waals surface area contributed by atoms with Gasteiger partial charge in [0.25, 0.3) is 11.7 Å². The van der Waals surface area contributed by atoms with Gasteiger partial charge in [-0.2, -0.15) is 4.98 Å². The molecule has 19 heavy (non-hydrogen) atoms. The lowest BCUT2D eigenvalue weighted by Gasteiger charge is -2.00. The summed E-state index contributed by atoms with van der Waals surface area (Å²) in [5.41, 5.74) is 1.05. The molecule has 0 aliphatic rings. The zero-order valence-corrected chi connectivity index (χ0v) is 10.5. The van der Waals surface area contributed by atoms with E-state index in [1.807, 2.05) is 30.3 Å². The van der Waals surface area contributed by atoms with Crippen LogP contribution in [0.15, 0.2) is 34.9 Å². The van der Waals surface area contributed by atoms with Crippen molar-refractivity contribution >= 4 is 5.97 Å². The van der Waals surface area contributed by atoms with E-state index >= 15 is 0 Å². The van der Waals surface area contributed by atoms with Crippen LogP contribution in [0.4, 0.5) is 0 Å². The number of benzene rings is 1. The summed E-state index contributed by atoms with van der Waals surface area (Å²) in [6.45, 7) is 2.58. The molecule has 0 fully saturated rings. The normalized spacial score (nSPS) is 10.4. The van der Waals surface area contributed by atoms with Crippen LogP contribution >= 0.6 is 0 Å². The van der Waals surface area contributed by atoms with E-state index < -0.39 is 5.97 Å². The molecule has 0 atom stereocenters. The van der Waals surface area contributed by atoms with Crippen molar-refractivity contribution in [1.82, 2.24) is 10.1 Å². The third-order valence-corrected chi connectivity index (χ3v) is 2.26. The number of hydrogen-bond donors (Lipinski definition) is 0. The summed E-state index contributed by atoms with van der Waals surface area (Å²) in [5.74, 6) is -0.431. The fourth-order valence-electron chi connectivity index (χ4n) is 1.42. The predicted octanol–water partition coefficient (Wildman–Crippen LogP) is 1.96.